The summed E-state index contributed by atoms with van der Waals surface area (Å²) in [5.41, 5.74) is 4.28. The molecule has 2 nitrogen and oxygen atoms in total. The average Bonchev–Trinajstić information content (AvgIpc) is 2.41. The van der Waals surface area contributed by atoms with Crippen LogP contribution in [0.3, 0.4) is 0 Å². The molecule has 0 radical (unpaired) electrons. The Morgan fingerprint density at radius 2 is 1.90 bits per heavy atom. The van der Waals surface area contributed by atoms with Gasteiger partial charge in [0.15, 0.2) is 0 Å². The van der Waals surface area contributed by atoms with E-state index >= 15 is 0 Å². The number of nitrogens with one attached hydrogen (secondary N) is 1. The van der Waals surface area contributed by atoms with Crippen LogP contribution in [-0.4, -0.2) is 5.91 Å². The molecule has 0 aromatic heterocycles. The lowest BCUT2D eigenvalue weighted by Crippen LogP contribution is -2.27. The van der Waals surface area contributed by atoms with Crippen molar-refractivity contribution < 1.29 is 4.79 Å². The number of halogens is 1. The van der Waals surface area contributed by atoms with Crippen molar-refractivity contribution >= 4 is 28.5 Å². The second-order valence-electron chi connectivity index (χ2n) is 5.07. The lowest BCUT2D eigenvalue weighted by Gasteiger charge is -2.17. The van der Waals surface area contributed by atoms with E-state index in [4.69, 9.17) is 0 Å². The molecule has 0 fully saturated rings. The molecular weight excluding hydrogens is 361 g/mol. The second-order valence-corrected chi connectivity index (χ2v) is 6.31. The van der Waals surface area contributed by atoms with E-state index in [1.165, 1.54) is 16.7 Å². The molecule has 0 bridgehead atoms. The van der Waals surface area contributed by atoms with E-state index in [0.29, 0.717) is 5.56 Å². The smallest absolute Gasteiger partial charge is 0.251 e. The average molecular weight is 379 g/mol. The van der Waals surface area contributed by atoms with E-state index in [2.05, 4.69) is 60.0 Å². The fraction of sp³-hybridized carbons (Fsp3) is 0.235. The minimum atomic E-state index is -0.0306. The molecule has 0 aliphatic rings. The number of carbonyl (C=O) groups excluding carboxylic acids is 1. The first kappa shape index (κ1) is 15.0. The summed E-state index contributed by atoms with van der Waals surface area (Å²) in [4.78, 5) is 12.3. The molecule has 2 rings (SSSR count). The lowest BCUT2D eigenvalue weighted by molar-refractivity contribution is 0.0939. The van der Waals surface area contributed by atoms with E-state index in [0.717, 1.165) is 3.57 Å². The summed E-state index contributed by atoms with van der Waals surface area (Å²) in [6.07, 6.45) is 0. The third-order valence-electron chi connectivity index (χ3n) is 3.34. The predicted molar refractivity (Wildman–Crippen MR) is 91.0 cm³/mol. The quantitative estimate of drug-likeness (QED) is 0.787. The van der Waals surface area contributed by atoms with E-state index in [1.807, 2.05) is 31.2 Å². The van der Waals surface area contributed by atoms with Crippen LogP contribution in [0.2, 0.25) is 0 Å². The summed E-state index contributed by atoms with van der Waals surface area (Å²) < 4.78 is 1.06. The largest absolute Gasteiger partial charge is 0.346 e. The van der Waals surface area contributed by atoms with E-state index in [9.17, 15) is 4.79 Å². The molecule has 0 saturated carbocycles. The van der Waals surface area contributed by atoms with Gasteiger partial charge in [0.2, 0.25) is 0 Å². The Morgan fingerprint density at radius 3 is 2.60 bits per heavy atom. The van der Waals surface area contributed by atoms with E-state index in [1.54, 1.807) is 0 Å². The molecule has 0 aliphatic carbocycles. The monoisotopic (exact) mass is 379 g/mol. The Kier molecular flexibility index (Phi) is 4.81. The minimum Gasteiger partial charge on any atom is -0.346 e. The number of benzene rings is 2. The first-order valence-corrected chi connectivity index (χ1v) is 7.69. The van der Waals surface area contributed by atoms with Crippen LogP contribution >= 0.6 is 22.6 Å². The van der Waals surface area contributed by atoms with Crippen molar-refractivity contribution in [3.63, 3.8) is 0 Å². The van der Waals surface area contributed by atoms with E-state index < -0.39 is 0 Å². The lowest BCUT2D eigenvalue weighted by atomic mass is 10.00. The van der Waals surface area contributed by atoms with Gasteiger partial charge in [-0.1, -0.05) is 29.8 Å². The van der Waals surface area contributed by atoms with Gasteiger partial charge >= 0.3 is 0 Å². The first-order valence-electron chi connectivity index (χ1n) is 6.61. The molecule has 1 N–H and O–H groups in total. The van der Waals surface area contributed by atoms with Crippen molar-refractivity contribution in [2.24, 2.45) is 0 Å². The Labute approximate surface area is 133 Å². The number of hydrogen-bond acceptors (Lipinski definition) is 1. The van der Waals surface area contributed by atoms with Gasteiger partial charge in [-0.3, -0.25) is 4.79 Å². The van der Waals surface area contributed by atoms with E-state index in [-0.39, 0.29) is 11.9 Å². The normalized spacial score (nSPS) is 12.0. The summed E-state index contributed by atoms with van der Waals surface area (Å²) in [6, 6.07) is 13.9. The standard InChI is InChI=1S/C17H18INO/c1-11-7-8-12(2)16(9-11)13(3)19-17(20)14-5-4-6-15(18)10-14/h4-10,13H,1-3H3,(H,19,20)/t13-/m0/s1. The van der Waals surface area contributed by atoms with Gasteiger partial charge in [0.1, 0.15) is 0 Å². The number of amides is 1. The maximum absolute atomic E-state index is 12.3. The van der Waals surface area contributed by atoms with Crippen molar-refractivity contribution in [3.8, 4) is 0 Å². The maximum Gasteiger partial charge on any atom is 0.251 e. The van der Waals surface area contributed by atoms with Gasteiger partial charge in [-0.25, -0.2) is 0 Å². The maximum atomic E-state index is 12.3. The van der Waals surface area contributed by atoms with Crippen LogP contribution in [-0.2, 0) is 0 Å². The summed E-state index contributed by atoms with van der Waals surface area (Å²) in [7, 11) is 0. The van der Waals surface area contributed by atoms with Crippen LogP contribution in [0.5, 0.6) is 0 Å². The molecular formula is C17H18INO. The van der Waals surface area contributed by atoms with Crippen molar-refractivity contribution in [1.29, 1.82) is 0 Å². The topological polar surface area (TPSA) is 29.1 Å². The molecule has 1 atom stereocenters. The van der Waals surface area contributed by atoms with Gasteiger partial charge in [-0.15, -0.1) is 0 Å². The highest BCUT2D eigenvalue weighted by atomic mass is 127. The molecule has 0 unspecified atom stereocenters. The first-order chi connectivity index (χ1) is 9.47. The molecule has 2 aromatic rings. The summed E-state index contributed by atoms with van der Waals surface area (Å²) >= 11 is 2.21. The highest BCUT2D eigenvalue weighted by Gasteiger charge is 2.13. The molecule has 0 aliphatic heterocycles. The zero-order chi connectivity index (χ0) is 14.7. The molecule has 0 saturated heterocycles. The molecule has 20 heavy (non-hydrogen) atoms. The second kappa shape index (κ2) is 6.39. The molecule has 1 amide bonds. The van der Waals surface area contributed by atoms with Crippen LogP contribution < -0.4 is 5.32 Å². The van der Waals surface area contributed by atoms with Gasteiger partial charge in [-0.2, -0.15) is 0 Å². The molecule has 2 aromatic carbocycles. The third kappa shape index (κ3) is 3.60. The Bertz CT molecular complexity index is 637. The molecule has 104 valence electrons. The predicted octanol–water partition coefficient (Wildman–Crippen LogP) is 4.40. The van der Waals surface area contributed by atoms with Gasteiger partial charge in [0, 0.05) is 9.13 Å². The molecule has 3 heteroatoms. The molecule has 0 spiro atoms. The van der Waals surface area contributed by atoms with Gasteiger partial charge in [-0.05, 0) is 72.7 Å². The zero-order valence-electron chi connectivity index (χ0n) is 11.9. The van der Waals surface area contributed by atoms with Crippen molar-refractivity contribution in [2.75, 3.05) is 0 Å². The molecule has 0 heterocycles. The minimum absolute atomic E-state index is 0.000248. The number of rotatable bonds is 3. The summed E-state index contributed by atoms with van der Waals surface area (Å²) in [6.45, 7) is 6.16. The van der Waals surface area contributed by atoms with Crippen molar-refractivity contribution in [1.82, 2.24) is 5.32 Å². The Morgan fingerprint density at radius 1 is 1.15 bits per heavy atom. The Balaban J connectivity index is 2.17. The summed E-state index contributed by atoms with van der Waals surface area (Å²) in [5.74, 6) is -0.0306. The number of carbonyl (C=O) groups is 1. The fourth-order valence-corrected chi connectivity index (χ4v) is 2.76. The van der Waals surface area contributed by atoms with Gasteiger partial charge in [0.25, 0.3) is 5.91 Å². The van der Waals surface area contributed by atoms with Crippen LogP contribution in [0.25, 0.3) is 0 Å². The van der Waals surface area contributed by atoms with Crippen LogP contribution in [0.1, 0.15) is 40.0 Å². The highest BCUT2D eigenvalue weighted by Crippen LogP contribution is 2.19. The number of aryl methyl sites for hydroxylation is 2. The van der Waals surface area contributed by atoms with Crippen molar-refractivity contribution in [2.45, 2.75) is 26.8 Å². The van der Waals surface area contributed by atoms with Crippen molar-refractivity contribution in [3.05, 3.63) is 68.3 Å². The Hall–Kier alpha value is -1.36. The number of hydrogen-bond donors (Lipinski definition) is 1. The zero-order valence-corrected chi connectivity index (χ0v) is 14.1. The van der Waals surface area contributed by atoms with Crippen LogP contribution in [0, 0.1) is 17.4 Å². The van der Waals surface area contributed by atoms with Gasteiger partial charge in [0.05, 0.1) is 6.04 Å². The highest BCUT2D eigenvalue weighted by molar-refractivity contribution is 14.1. The fourth-order valence-electron chi connectivity index (χ4n) is 2.21. The third-order valence-corrected chi connectivity index (χ3v) is 4.01. The SMILES string of the molecule is Cc1ccc(C)c([C@H](C)NC(=O)c2cccc(I)c2)c1. The summed E-state index contributed by atoms with van der Waals surface area (Å²) in [5, 5.41) is 3.07. The van der Waals surface area contributed by atoms with Crippen LogP contribution in [0.15, 0.2) is 42.5 Å². The van der Waals surface area contributed by atoms with Gasteiger partial charge < -0.3 is 5.32 Å². The van der Waals surface area contributed by atoms with Crippen LogP contribution in [0.4, 0.5) is 0 Å².